The van der Waals surface area contributed by atoms with Crippen LogP contribution in [0.15, 0.2) is 42.5 Å². The third-order valence-corrected chi connectivity index (χ3v) is 3.00. The molecule has 0 saturated heterocycles. The van der Waals surface area contributed by atoms with Gasteiger partial charge in [-0.25, -0.2) is 0 Å². The third-order valence-electron chi connectivity index (χ3n) is 3.00. The van der Waals surface area contributed by atoms with E-state index in [-0.39, 0.29) is 0 Å². The summed E-state index contributed by atoms with van der Waals surface area (Å²) < 4.78 is 5.44. The lowest BCUT2D eigenvalue weighted by Crippen LogP contribution is -2.05. The number of hydrogen-bond donors (Lipinski definition) is 1. The Balaban J connectivity index is 2.41. The minimum Gasteiger partial charge on any atom is -0.496 e. The van der Waals surface area contributed by atoms with Crippen LogP contribution in [0.25, 0.3) is 16.8 Å². The Hall–Kier alpha value is -1.80. The first-order valence-corrected chi connectivity index (χ1v) is 6.23. The van der Waals surface area contributed by atoms with E-state index < -0.39 is 0 Å². The molecule has 0 spiro atoms. The van der Waals surface area contributed by atoms with E-state index in [9.17, 15) is 0 Å². The van der Waals surface area contributed by atoms with Gasteiger partial charge in [0, 0.05) is 5.56 Å². The van der Waals surface area contributed by atoms with Gasteiger partial charge in [0.25, 0.3) is 0 Å². The molecule has 0 saturated carbocycles. The number of methoxy groups -OCH3 is 1. The second-order valence-electron chi connectivity index (χ2n) is 4.20. The van der Waals surface area contributed by atoms with Crippen LogP contribution >= 0.6 is 0 Å². The maximum absolute atomic E-state index is 5.44. The van der Waals surface area contributed by atoms with Crippen molar-refractivity contribution in [2.24, 2.45) is 0 Å². The molecule has 18 heavy (non-hydrogen) atoms. The van der Waals surface area contributed by atoms with Crippen molar-refractivity contribution in [1.29, 1.82) is 0 Å². The Bertz CT molecular complexity index is 546. The molecule has 2 heteroatoms. The Morgan fingerprint density at radius 2 is 2.00 bits per heavy atom. The van der Waals surface area contributed by atoms with Crippen LogP contribution in [0.5, 0.6) is 5.75 Å². The first kappa shape index (κ1) is 12.7. The van der Waals surface area contributed by atoms with Gasteiger partial charge in [0.05, 0.1) is 7.11 Å². The SMILES string of the molecule is CNCCC=Cc1c(OC)ccc2ccccc12. The van der Waals surface area contributed by atoms with Crippen LogP contribution < -0.4 is 10.1 Å². The monoisotopic (exact) mass is 241 g/mol. The van der Waals surface area contributed by atoms with Crippen molar-refractivity contribution < 1.29 is 4.74 Å². The minimum absolute atomic E-state index is 0.925. The molecule has 94 valence electrons. The average Bonchev–Trinajstić information content (AvgIpc) is 2.43. The van der Waals surface area contributed by atoms with Crippen LogP contribution in [0, 0.1) is 0 Å². The van der Waals surface area contributed by atoms with Gasteiger partial charge < -0.3 is 10.1 Å². The fraction of sp³-hybridized carbons (Fsp3) is 0.250. The van der Waals surface area contributed by atoms with Crippen molar-refractivity contribution in [2.45, 2.75) is 6.42 Å². The predicted octanol–water partition coefficient (Wildman–Crippen LogP) is 3.47. The van der Waals surface area contributed by atoms with Crippen molar-refractivity contribution in [2.75, 3.05) is 20.7 Å². The summed E-state index contributed by atoms with van der Waals surface area (Å²) in [6, 6.07) is 12.5. The fourth-order valence-electron chi connectivity index (χ4n) is 2.05. The van der Waals surface area contributed by atoms with Crippen molar-refractivity contribution in [3.63, 3.8) is 0 Å². The molecule has 0 radical (unpaired) electrons. The van der Waals surface area contributed by atoms with Gasteiger partial charge in [-0.15, -0.1) is 0 Å². The maximum Gasteiger partial charge on any atom is 0.126 e. The normalized spacial score (nSPS) is 11.2. The lowest BCUT2D eigenvalue weighted by molar-refractivity contribution is 0.414. The highest BCUT2D eigenvalue weighted by molar-refractivity contribution is 5.93. The standard InChI is InChI=1S/C16H19NO/c1-17-12-6-5-9-15-14-8-4-3-7-13(14)10-11-16(15)18-2/h3-5,7-11,17H,6,12H2,1-2H3. The summed E-state index contributed by atoms with van der Waals surface area (Å²) in [5.41, 5.74) is 1.16. The number of nitrogens with one attached hydrogen (secondary N) is 1. The quantitative estimate of drug-likeness (QED) is 0.809. The minimum atomic E-state index is 0.925. The van der Waals surface area contributed by atoms with Gasteiger partial charge in [-0.2, -0.15) is 0 Å². The third kappa shape index (κ3) is 2.71. The summed E-state index contributed by atoms with van der Waals surface area (Å²) in [5.74, 6) is 0.925. The molecule has 0 unspecified atom stereocenters. The molecule has 0 aromatic heterocycles. The molecule has 2 aromatic carbocycles. The second-order valence-corrected chi connectivity index (χ2v) is 4.20. The molecule has 2 nitrogen and oxygen atoms in total. The molecule has 2 aromatic rings. The Labute approximate surface area is 108 Å². The number of hydrogen-bond acceptors (Lipinski definition) is 2. The Morgan fingerprint density at radius 3 is 2.78 bits per heavy atom. The summed E-state index contributed by atoms with van der Waals surface area (Å²) in [5, 5.41) is 5.61. The van der Waals surface area contributed by atoms with Crippen molar-refractivity contribution >= 4 is 16.8 Å². The van der Waals surface area contributed by atoms with Gasteiger partial charge in [0.15, 0.2) is 0 Å². The van der Waals surface area contributed by atoms with Gasteiger partial charge in [0.1, 0.15) is 5.75 Å². The van der Waals surface area contributed by atoms with Crippen LogP contribution in [0.1, 0.15) is 12.0 Å². The first-order valence-electron chi connectivity index (χ1n) is 6.23. The Kier molecular flexibility index (Phi) is 4.37. The molecule has 0 fully saturated rings. The average molecular weight is 241 g/mol. The Morgan fingerprint density at radius 1 is 1.17 bits per heavy atom. The summed E-state index contributed by atoms with van der Waals surface area (Å²) in [6.07, 6.45) is 5.35. The largest absolute Gasteiger partial charge is 0.496 e. The number of rotatable bonds is 5. The van der Waals surface area contributed by atoms with Gasteiger partial charge in [0.2, 0.25) is 0 Å². The van der Waals surface area contributed by atoms with Crippen molar-refractivity contribution in [3.8, 4) is 5.75 Å². The molecule has 1 N–H and O–H groups in total. The molecular weight excluding hydrogens is 222 g/mol. The van der Waals surface area contributed by atoms with Crippen LogP contribution in [-0.2, 0) is 0 Å². The van der Waals surface area contributed by atoms with Gasteiger partial charge in [-0.3, -0.25) is 0 Å². The van der Waals surface area contributed by atoms with E-state index in [2.05, 4.69) is 47.8 Å². The molecule has 0 aliphatic rings. The second kappa shape index (κ2) is 6.22. The van der Waals surface area contributed by atoms with Crippen molar-refractivity contribution in [3.05, 3.63) is 48.0 Å². The van der Waals surface area contributed by atoms with Crippen LogP contribution in [0.2, 0.25) is 0 Å². The van der Waals surface area contributed by atoms with E-state index in [4.69, 9.17) is 4.74 Å². The van der Waals surface area contributed by atoms with Crippen LogP contribution in [0.4, 0.5) is 0 Å². The summed E-state index contributed by atoms with van der Waals surface area (Å²) in [4.78, 5) is 0. The lowest BCUT2D eigenvalue weighted by Gasteiger charge is -2.08. The highest BCUT2D eigenvalue weighted by Gasteiger charge is 2.04. The first-order chi connectivity index (χ1) is 8.86. The van der Waals surface area contributed by atoms with E-state index in [1.807, 2.05) is 13.1 Å². The topological polar surface area (TPSA) is 21.3 Å². The maximum atomic E-state index is 5.44. The molecule has 0 amide bonds. The molecular formula is C16H19NO. The molecule has 0 bridgehead atoms. The zero-order valence-electron chi connectivity index (χ0n) is 10.9. The highest BCUT2D eigenvalue weighted by Crippen LogP contribution is 2.29. The highest BCUT2D eigenvalue weighted by atomic mass is 16.5. The van der Waals surface area contributed by atoms with Crippen LogP contribution in [0.3, 0.4) is 0 Å². The summed E-state index contributed by atoms with van der Waals surface area (Å²) >= 11 is 0. The number of fused-ring (bicyclic) bond motifs is 1. The van der Waals surface area contributed by atoms with E-state index in [1.165, 1.54) is 10.8 Å². The van der Waals surface area contributed by atoms with Gasteiger partial charge in [-0.05, 0) is 36.9 Å². The molecule has 0 heterocycles. The van der Waals surface area contributed by atoms with Crippen molar-refractivity contribution in [1.82, 2.24) is 5.32 Å². The fourth-order valence-corrected chi connectivity index (χ4v) is 2.05. The zero-order chi connectivity index (χ0) is 12.8. The number of benzene rings is 2. The van der Waals surface area contributed by atoms with E-state index in [0.717, 1.165) is 24.3 Å². The van der Waals surface area contributed by atoms with E-state index in [1.54, 1.807) is 7.11 Å². The lowest BCUT2D eigenvalue weighted by atomic mass is 10.0. The van der Waals surface area contributed by atoms with Crippen LogP contribution in [-0.4, -0.2) is 20.7 Å². The molecule has 2 rings (SSSR count). The number of ether oxygens (including phenoxy) is 1. The van der Waals surface area contributed by atoms with E-state index in [0.29, 0.717) is 0 Å². The summed E-state index contributed by atoms with van der Waals surface area (Å²) in [6.45, 7) is 0.990. The molecule has 0 atom stereocenters. The smallest absolute Gasteiger partial charge is 0.126 e. The molecule has 0 aliphatic heterocycles. The predicted molar refractivity (Wildman–Crippen MR) is 78.1 cm³/mol. The zero-order valence-corrected chi connectivity index (χ0v) is 10.9. The summed E-state index contributed by atoms with van der Waals surface area (Å²) in [7, 11) is 3.68. The van der Waals surface area contributed by atoms with E-state index >= 15 is 0 Å². The molecule has 0 aliphatic carbocycles. The van der Waals surface area contributed by atoms with Gasteiger partial charge in [-0.1, -0.05) is 42.5 Å². The van der Waals surface area contributed by atoms with Gasteiger partial charge >= 0.3 is 0 Å².